The number of benzene rings is 3. The van der Waals surface area contributed by atoms with Crippen LogP contribution < -0.4 is 16.1 Å². The summed E-state index contributed by atoms with van der Waals surface area (Å²) in [7, 11) is 0. The fraction of sp³-hybridized carbons (Fsp3) is 0.0909. The summed E-state index contributed by atoms with van der Waals surface area (Å²) < 4.78 is 0. The molecule has 0 aliphatic heterocycles. The van der Waals surface area contributed by atoms with Crippen molar-refractivity contribution in [2.24, 2.45) is 0 Å². The van der Waals surface area contributed by atoms with Gasteiger partial charge < -0.3 is 10.6 Å². The molecule has 0 saturated heterocycles. The summed E-state index contributed by atoms with van der Waals surface area (Å²) in [4.78, 5) is 23.9. The van der Waals surface area contributed by atoms with Gasteiger partial charge in [0.2, 0.25) is 0 Å². The number of hydrogen-bond donors (Lipinski definition) is 4. The van der Waals surface area contributed by atoms with Crippen LogP contribution in [0.5, 0.6) is 0 Å². The maximum absolute atomic E-state index is 12.5. The average Bonchev–Trinajstić information content (AvgIpc) is 2.74. The highest BCUT2D eigenvalue weighted by atomic mass is 16.5. The zero-order chi connectivity index (χ0) is 19.9. The predicted octanol–water partition coefficient (Wildman–Crippen LogP) is 4.36. The van der Waals surface area contributed by atoms with Gasteiger partial charge in [-0.2, -0.15) is 0 Å². The highest BCUT2D eigenvalue weighted by molar-refractivity contribution is 5.95. The number of para-hydroxylation sites is 1. The molecule has 0 spiro atoms. The van der Waals surface area contributed by atoms with E-state index in [0.717, 1.165) is 16.7 Å². The van der Waals surface area contributed by atoms with Gasteiger partial charge in [-0.1, -0.05) is 60.7 Å². The first kappa shape index (κ1) is 19.1. The van der Waals surface area contributed by atoms with E-state index in [1.807, 2.05) is 61.5 Å². The van der Waals surface area contributed by atoms with Crippen molar-refractivity contribution in [1.82, 2.24) is 10.8 Å². The third-order valence-corrected chi connectivity index (χ3v) is 4.38. The van der Waals surface area contributed by atoms with Gasteiger partial charge in [-0.05, 0) is 36.2 Å². The molecule has 1 atom stereocenters. The Morgan fingerprint density at radius 3 is 2.18 bits per heavy atom. The molecule has 0 radical (unpaired) electrons. The fourth-order valence-corrected chi connectivity index (χ4v) is 2.89. The molecule has 4 N–H and O–H groups in total. The Balaban J connectivity index is 1.68. The van der Waals surface area contributed by atoms with Crippen LogP contribution in [-0.2, 0) is 0 Å². The van der Waals surface area contributed by atoms with Crippen molar-refractivity contribution in [3.63, 3.8) is 0 Å². The van der Waals surface area contributed by atoms with Gasteiger partial charge >= 0.3 is 6.03 Å². The lowest BCUT2D eigenvalue weighted by Gasteiger charge is -2.17. The predicted molar refractivity (Wildman–Crippen MR) is 108 cm³/mol. The molecular weight excluding hydrogens is 354 g/mol. The van der Waals surface area contributed by atoms with Crippen LogP contribution in [0.25, 0.3) is 11.1 Å². The summed E-state index contributed by atoms with van der Waals surface area (Å²) in [6, 6.07) is 23.5. The number of nitrogens with one attached hydrogen (secondary N) is 3. The Hall–Kier alpha value is -3.64. The first-order valence-electron chi connectivity index (χ1n) is 8.85. The maximum atomic E-state index is 12.5. The molecule has 0 heterocycles. The second-order valence-electron chi connectivity index (χ2n) is 6.29. The van der Waals surface area contributed by atoms with Crippen molar-refractivity contribution in [2.75, 3.05) is 5.32 Å². The Bertz CT molecular complexity index is 956. The minimum absolute atomic E-state index is 0.268. The van der Waals surface area contributed by atoms with Crippen LogP contribution in [0, 0.1) is 0 Å². The smallest absolute Gasteiger partial charge is 0.319 e. The number of hydroxylamine groups is 1. The number of rotatable bonds is 5. The van der Waals surface area contributed by atoms with Crippen molar-refractivity contribution in [2.45, 2.75) is 13.0 Å². The average molecular weight is 375 g/mol. The standard InChI is InChI=1S/C22H21N3O3/c1-15(16-11-13-18(14-12-16)21(26)25-28)23-22(27)24-20-10-6-5-9-19(20)17-7-3-2-4-8-17/h2-15,28H,1H3,(H,25,26)(H2,23,24,27)/t15-/m1/s1. The Morgan fingerprint density at radius 1 is 0.857 bits per heavy atom. The van der Waals surface area contributed by atoms with E-state index in [2.05, 4.69) is 10.6 Å². The summed E-state index contributed by atoms with van der Waals surface area (Å²) in [5.74, 6) is -0.581. The summed E-state index contributed by atoms with van der Waals surface area (Å²) in [6.45, 7) is 1.85. The van der Waals surface area contributed by atoms with E-state index >= 15 is 0 Å². The molecule has 6 nitrogen and oxygen atoms in total. The van der Waals surface area contributed by atoms with E-state index in [9.17, 15) is 9.59 Å². The molecule has 28 heavy (non-hydrogen) atoms. The van der Waals surface area contributed by atoms with Crippen LogP contribution in [0.15, 0.2) is 78.9 Å². The maximum Gasteiger partial charge on any atom is 0.319 e. The van der Waals surface area contributed by atoms with Gasteiger partial charge in [0.1, 0.15) is 0 Å². The molecule has 0 bridgehead atoms. The Kier molecular flexibility index (Phi) is 6.04. The van der Waals surface area contributed by atoms with E-state index in [1.165, 1.54) is 0 Å². The minimum Gasteiger partial charge on any atom is -0.331 e. The lowest BCUT2D eigenvalue weighted by molar-refractivity contribution is 0.0706. The third kappa shape index (κ3) is 4.55. The summed E-state index contributed by atoms with van der Waals surface area (Å²) in [5.41, 5.74) is 5.43. The molecule has 142 valence electrons. The minimum atomic E-state index is -0.581. The molecule has 0 saturated carbocycles. The molecule has 3 rings (SSSR count). The fourth-order valence-electron chi connectivity index (χ4n) is 2.89. The van der Waals surface area contributed by atoms with Gasteiger partial charge in [0.25, 0.3) is 5.91 Å². The number of carbonyl (C=O) groups is 2. The number of amides is 3. The van der Waals surface area contributed by atoms with Crippen LogP contribution >= 0.6 is 0 Å². The normalized spacial score (nSPS) is 11.4. The van der Waals surface area contributed by atoms with Gasteiger partial charge in [0.05, 0.1) is 11.7 Å². The van der Waals surface area contributed by atoms with Crippen LogP contribution in [0.3, 0.4) is 0 Å². The quantitative estimate of drug-likeness (QED) is 0.395. The lowest BCUT2D eigenvalue weighted by Crippen LogP contribution is -2.31. The molecule has 0 aliphatic rings. The number of hydrogen-bond acceptors (Lipinski definition) is 3. The molecular formula is C22H21N3O3. The van der Waals surface area contributed by atoms with E-state index in [4.69, 9.17) is 5.21 Å². The first-order chi connectivity index (χ1) is 13.6. The van der Waals surface area contributed by atoms with Crippen molar-refractivity contribution in [3.05, 3.63) is 90.0 Å². The molecule has 0 aromatic heterocycles. The monoisotopic (exact) mass is 375 g/mol. The third-order valence-electron chi connectivity index (χ3n) is 4.38. The molecule has 3 aromatic carbocycles. The summed E-state index contributed by atoms with van der Waals surface area (Å²) in [6.07, 6.45) is 0. The van der Waals surface area contributed by atoms with Crippen molar-refractivity contribution in [1.29, 1.82) is 0 Å². The lowest BCUT2D eigenvalue weighted by atomic mass is 10.0. The van der Waals surface area contributed by atoms with Crippen LogP contribution in [-0.4, -0.2) is 17.1 Å². The SMILES string of the molecule is C[C@@H](NC(=O)Nc1ccccc1-c1ccccc1)c1ccc(C(=O)NO)cc1. The van der Waals surface area contributed by atoms with E-state index in [0.29, 0.717) is 11.3 Å². The van der Waals surface area contributed by atoms with Gasteiger partial charge in [-0.3, -0.25) is 10.0 Å². The van der Waals surface area contributed by atoms with E-state index in [1.54, 1.807) is 29.7 Å². The van der Waals surface area contributed by atoms with Gasteiger partial charge in [0.15, 0.2) is 0 Å². The molecule has 3 aromatic rings. The van der Waals surface area contributed by atoms with E-state index in [-0.39, 0.29) is 12.1 Å². The zero-order valence-electron chi connectivity index (χ0n) is 15.3. The van der Waals surface area contributed by atoms with Crippen LogP contribution in [0.1, 0.15) is 28.9 Å². The van der Waals surface area contributed by atoms with E-state index < -0.39 is 5.91 Å². The van der Waals surface area contributed by atoms with Crippen molar-refractivity contribution in [3.8, 4) is 11.1 Å². The Morgan fingerprint density at radius 2 is 1.50 bits per heavy atom. The topological polar surface area (TPSA) is 90.5 Å². The van der Waals surface area contributed by atoms with Crippen molar-refractivity contribution >= 4 is 17.6 Å². The Labute approximate surface area is 163 Å². The highest BCUT2D eigenvalue weighted by Crippen LogP contribution is 2.27. The molecule has 3 amide bonds. The summed E-state index contributed by atoms with van der Waals surface area (Å²) in [5, 5.41) is 14.5. The summed E-state index contributed by atoms with van der Waals surface area (Å²) >= 11 is 0. The first-order valence-corrected chi connectivity index (χ1v) is 8.85. The van der Waals surface area contributed by atoms with Crippen LogP contribution in [0.2, 0.25) is 0 Å². The largest absolute Gasteiger partial charge is 0.331 e. The number of anilines is 1. The highest BCUT2D eigenvalue weighted by Gasteiger charge is 2.13. The van der Waals surface area contributed by atoms with Crippen molar-refractivity contribution < 1.29 is 14.8 Å². The second-order valence-corrected chi connectivity index (χ2v) is 6.29. The van der Waals surface area contributed by atoms with Gasteiger partial charge in [-0.15, -0.1) is 0 Å². The van der Waals surface area contributed by atoms with Gasteiger partial charge in [0, 0.05) is 11.1 Å². The van der Waals surface area contributed by atoms with Gasteiger partial charge in [-0.25, -0.2) is 10.3 Å². The van der Waals surface area contributed by atoms with Crippen LogP contribution in [0.4, 0.5) is 10.5 Å². The number of carbonyl (C=O) groups excluding carboxylic acids is 2. The second kappa shape index (κ2) is 8.83. The zero-order valence-corrected chi connectivity index (χ0v) is 15.3. The molecule has 6 heteroatoms. The molecule has 0 aliphatic carbocycles. The molecule has 0 fully saturated rings. The number of urea groups is 1. The molecule has 0 unspecified atom stereocenters.